The Bertz CT molecular complexity index is 626. The lowest BCUT2D eigenvalue weighted by molar-refractivity contribution is -0.122. The van der Waals surface area contributed by atoms with E-state index in [1.807, 2.05) is 30.3 Å². The number of hydrogen-bond acceptors (Lipinski definition) is 3. The molecule has 0 aliphatic carbocycles. The maximum atomic E-state index is 12.2. The summed E-state index contributed by atoms with van der Waals surface area (Å²) in [5, 5.41) is 6.31. The zero-order valence-electron chi connectivity index (χ0n) is 10.9. The highest BCUT2D eigenvalue weighted by molar-refractivity contribution is 9.11. The van der Waals surface area contributed by atoms with E-state index < -0.39 is 0 Å². The van der Waals surface area contributed by atoms with Gasteiger partial charge >= 0.3 is 0 Å². The molecule has 104 valence electrons. The van der Waals surface area contributed by atoms with Crippen LogP contribution in [0.15, 0.2) is 40.2 Å². The first-order chi connectivity index (χ1) is 9.74. The smallest absolute Gasteiger partial charge is 0.229 e. The van der Waals surface area contributed by atoms with Crippen LogP contribution in [0.3, 0.4) is 0 Å². The van der Waals surface area contributed by atoms with Crippen LogP contribution in [0.25, 0.3) is 0 Å². The van der Waals surface area contributed by atoms with E-state index in [2.05, 4.69) is 32.6 Å². The van der Waals surface area contributed by atoms with Crippen molar-refractivity contribution < 1.29 is 4.79 Å². The SMILES string of the molecule is O=C(NCCc1ccc(Br)s1)C1CNc2ccccc21. The number of anilines is 1. The molecule has 3 nitrogen and oxygen atoms in total. The number of benzene rings is 1. The van der Waals surface area contributed by atoms with E-state index in [0.717, 1.165) is 21.5 Å². The Hall–Kier alpha value is -1.33. The molecule has 2 heterocycles. The van der Waals surface area contributed by atoms with E-state index in [4.69, 9.17) is 0 Å². The maximum Gasteiger partial charge on any atom is 0.229 e. The van der Waals surface area contributed by atoms with E-state index in [1.165, 1.54) is 4.88 Å². The largest absolute Gasteiger partial charge is 0.384 e. The maximum absolute atomic E-state index is 12.2. The number of carbonyl (C=O) groups excluding carboxylic acids is 1. The van der Waals surface area contributed by atoms with Crippen LogP contribution in [-0.4, -0.2) is 19.0 Å². The predicted molar refractivity (Wildman–Crippen MR) is 86.4 cm³/mol. The summed E-state index contributed by atoms with van der Waals surface area (Å²) in [6, 6.07) is 12.1. The van der Waals surface area contributed by atoms with Crippen molar-refractivity contribution in [3.63, 3.8) is 0 Å². The lowest BCUT2D eigenvalue weighted by Crippen LogP contribution is -2.31. The number of thiophene rings is 1. The van der Waals surface area contributed by atoms with Gasteiger partial charge in [-0.2, -0.15) is 0 Å². The normalized spacial score (nSPS) is 16.6. The number of rotatable bonds is 4. The minimum Gasteiger partial charge on any atom is -0.384 e. The summed E-state index contributed by atoms with van der Waals surface area (Å²) in [6.45, 7) is 1.38. The van der Waals surface area contributed by atoms with Crippen molar-refractivity contribution in [3.05, 3.63) is 50.6 Å². The van der Waals surface area contributed by atoms with Crippen molar-refractivity contribution in [2.45, 2.75) is 12.3 Å². The molecule has 1 amide bonds. The van der Waals surface area contributed by atoms with Crippen molar-refractivity contribution in [2.75, 3.05) is 18.4 Å². The molecule has 1 unspecified atom stereocenters. The van der Waals surface area contributed by atoms with Crippen LogP contribution in [0, 0.1) is 0 Å². The molecule has 3 rings (SSSR count). The second-order valence-corrected chi connectivity index (χ2v) is 7.32. The number of hydrogen-bond donors (Lipinski definition) is 2. The lowest BCUT2D eigenvalue weighted by atomic mass is 10.0. The Morgan fingerprint density at radius 3 is 3.00 bits per heavy atom. The molecular formula is C15H15BrN2OS. The molecule has 0 saturated heterocycles. The fourth-order valence-electron chi connectivity index (χ4n) is 2.44. The fraction of sp³-hybridized carbons (Fsp3) is 0.267. The quantitative estimate of drug-likeness (QED) is 0.887. The molecule has 2 N–H and O–H groups in total. The van der Waals surface area contributed by atoms with Gasteiger partial charge in [0.05, 0.1) is 9.70 Å². The first kappa shape index (κ1) is 13.6. The van der Waals surface area contributed by atoms with Crippen LogP contribution >= 0.6 is 27.3 Å². The second kappa shape index (κ2) is 5.97. The fourth-order valence-corrected chi connectivity index (χ4v) is 3.92. The van der Waals surface area contributed by atoms with Crippen molar-refractivity contribution in [1.29, 1.82) is 0 Å². The average molecular weight is 351 g/mol. The highest BCUT2D eigenvalue weighted by atomic mass is 79.9. The van der Waals surface area contributed by atoms with Gasteiger partial charge in [-0.05, 0) is 46.1 Å². The van der Waals surface area contributed by atoms with Gasteiger partial charge in [0.25, 0.3) is 0 Å². The van der Waals surface area contributed by atoms with Crippen molar-refractivity contribution in [1.82, 2.24) is 5.32 Å². The van der Waals surface area contributed by atoms with Crippen molar-refractivity contribution >= 4 is 38.9 Å². The molecule has 0 fully saturated rings. The zero-order valence-corrected chi connectivity index (χ0v) is 13.3. The molecule has 0 radical (unpaired) electrons. The summed E-state index contributed by atoms with van der Waals surface area (Å²) in [5.74, 6) is 0.0411. The summed E-state index contributed by atoms with van der Waals surface area (Å²) in [5.41, 5.74) is 2.18. The number of nitrogens with one attached hydrogen (secondary N) is 2. The Labute approximate surface area is 130 Å². The van der Waals surface area contributed by atoms with E-state index >= 15 is 0 Å². The predicted octanol–water partition coefficient (Wildman–Crippen LogP) is 3.38. The Morgan fingerprint density at radius 2 is 2.20 bits per heavy atom. The standard InChI is InChI=1S/C15H15BrN2OS/c16-14-6-5-10(20-14)7-8-17-15(19)12-9-18-13-4-2-1-3-11(12)13/h1-6,12,18H,7-9H2,(H,17,19). The summed E-state index contributed by atoms with van der Waals surface area (Å²) >= 11 is 5.16. The molecule has 1 aromatic heterocycles. The molecule has 1 aliphatic rings. The van der Waals surface area contributed by atoms with Gasteiger partial charge in [-0.15, -0.1) is 11.3 Å². The van der Waals surface area contributed by atoms with E-state index in [1.54, 1.807) is 11.3 Å². The Morgan fingerprint density at radius 1 is 1.35 bits per heavy atom. The van der Waals surface area contributed by atoms with Gasteiger partial charge in [-0.3, -0.25) is 4.79 Å². The molecule has 5 heteroatoms. The molecule has 2 aromatic rings. The highest BCUT2D eigenvalue weighted by Crippen LogP contribution is 2.31. The Balaban J connectivity index is 1.55. The molecule has 20 heavy (non-hydrogen) atoms. The average Bonchev–Trinajstić information content (AvgIpc) is 3.05. The van der Waals surface area contributed by atoms with Crippen molar-refractivity contribution in [2.24, 2.45) is 0 Å². The van der Waals surface area contributed by atoms with Crippen LogP contribution in [0.1, 0.15) is 16.4 Å². The molecule has 1 aromatic carbocycles. The first-order valence-corrected chi connectivity index (χ1v) is 8.20. The number of fused-ring (bicyclic) bond motifs is 1. The van der Waals surface area contributed by atoms with Crippen LogP contribution in [-0.2, 0) is 11.2 Å². The Kier molecular flexibility index (Phi) is 4.08. The number of carbonyl (C=O) groups is 1. The van der Waals surface area contributed by atoms with Crippen molar-refractivity contribution in [3.8, 4) is 0 Å². The van der Waals surface area contributed by atoms with Gasteiger partial charge < -0.3 is 10.6 Å². The van der Waals surface area contributed by atoms with Gasteiger partial charge in [0, 0.05) is 23.7 Å². The lowest BCUT2D eigenvalue weighted by Gasteiger charge is -2.10. The minimum absolute atomic E-state index is 0.0683. The summed E-state index contributed by atoms with van der Waals surface area (Å²) in [4.78, 5) is 13.5. The second-order valence-electron chi connectivity index (χ2n) is 4.77. The molecule has 1 atom stereocenters. The molecule has 0 spiro atoms. The summed E-state index contributed by atoms with van der Waals surface area (Å²) in [6.07, 6.45) is 0.879. The van der Waals surface area contributed by atoms with E-state index in [0.29, 0.717) is 13.1 Å². The highest BCUT2D eigenvalue weighted by Gasteiger charge is 2.27. The monoisotopic (exact) mass is 350 g/mol. The van der Waals surface area contributed by atoms with Crippen LogP contribution in [0.2, 0.25) is 0 Å². The third kappa shape index (κ3) is 2.88. The molecule has 0 saturated carbocycles. The zero-order chi connectivity index (χ0) is 13.9. The van der Waals surface area contributed by atoms with Crippen LogP contribution < -0.4 is 10.6 Å². The van der Waals surface area contributed by atoms with Gasteiger partial charge in [0.15, 0.2) is 0 Å². The summed E-state index contributed by atoms with van der Waals surface area (Å²) < 4.78 is 1.13. The number of halogens is 1. The summed E-state index contributed by atoms with van der Waals surface area (Å²) in [7, 11) is 0. The molecule has 0 bridgehead atoms. The first-order valence-electron chi connectivity index (χ1n) is 6.59. The number of amides is 1. The van der Waals surface area contributed by atoms with Gasteiger partial charge in [0.1, 0.15) is 0 Å². The van der Waals surface area contributed by atoms with Crippen LogP contribution in [0.5, 0.6) is 0 Å². The third-order valence-corrected chi connectivity index (χ3v) is 5.13. The third-order valence-electron chi connectivity index (χ3n) is 3.45. The minimum atomic E-state index is -0.0683. The van der Waals surface area contributed by atoms with Crippen LogP contribution in [0.4, 0.5) is 5.69 Å². The number of para-hydroxylation sites is 1. The van der Waals surface area contributed by atoms with E-state index in [9.17, 15) is 4.79 Å². The molecular weight excluding hydrogens is 336 g/mol. The van der Waals surface area contributed by atoms with Gasteiger partial charge in [0.2, 0.25) is 5.91 Å². The molecule has 1 aliphatic heterocycles. The van der Waals surface area contributed by atoms with Gasteiger partial charge in [-0.25, -0.2) is 0 Å². The van der Waals surface area contributed by atoms with Gasteiger partial charge in [-0.1, -0.05) is 18.2 Å². The topological polar surface area (TPSA) is 41.1 Å². The van der Waals surface area contributed by atoms with E-state index in [-0.39, 0.29) is 11.8 Å².